The van der Waals surface area contributed by atoms with Crippen LogP contribution < -0.4 is 0 Å². The molecule has 0 nitrogen and oxygen atoms in total. The van der Waals surface area contributed by atoms with Gasteiger partial charge in [-0.1, -0.05) is 67.1 Å². The van der Waals surface area contributed by atoms with Gasteiger partial charge in [0.2, 0.25) is 0 Å². The molecule has 0 aliphatic heterocycles. The van der Waals surface area contributed by atoms with Gasteiger partial charge in [0.05, 0.1) is 0 Å². The van der Waals surface area contributed by atoms with Crippen molar-refractivity contribution < 1.29 is 0 Å². The highest BCUT2D eigenvalue weighted by molar-refractivity contribution is 6.01. The number of rotatable bonds is 0. The van der Waals surface area contributed by atoms with E-state index in [1.54, 1.807) is 0 Å². The minimum absolute atomic E-state index is 0.509. The topological polar surface area (TPSA) is 0 Å². The van der Waals surface area contributed by atoms with E-state index in [0.717, 1.165) is 0 Å². The van der Waals surface area contributed by atoms with Gasteiger partial charge in [0.1, 0.15) is 0 Å². The van der Waals surface area contributed by atoms with Gasteiger partial charge in [-0.25, -0.2) is 0 Å². The van der Waals surface area contributed by atoms with Gasteiger partial charge in [-0.15, -0.1) is 0 Å². The van der Waals surface area contributed by atoms with Crippen molar-refractivity contribution in [2.45, 2.75) is 19.8 Å². The van der Waals surface area contributed by atoms with Gasteiger partial charge in [0, 0.05) is 5.92 Å². The molecule has 19 heavy (non-hydrogen) atoms. The van der Waals surface area contributed by atoms with E-state index < -0.39 is 0 Å². The van der Waals surface area contributed by atoms with Crippen LogP contribution in [0.3, 0.4) is 0 Å². The molecule has 1 aliphatic carbocycles. The summed E-state index contributed by atoms with van der Waals surface area (Å²) in [4.78, 5) is 0. The summed E-state index contributed by atoms with van der Waals surface area (Å²) in [5, 5.41) is 2.72. The van der Waals surface area contributed by atoms with Crippen LogP contribution in [0.5, 0.6) is 0 Å². The highest BCUT2D eigenvalue weighted by atomic mass is 14.3. The van der Waals surface area contributed by atoms with E-state index in [0.29, 0.717) is 5.92 Å². The summed E-state index contributed by atoms with van der Waals surface area (Å²) < 4.78 is 0. The van der Waals surface area contributed by atoms with E-state index in [-0.39, 0.29) is 0 Å². The van der Waals surface area contributed by atoms with Crippen molar-refractivity contribution in [2.75, 3.05) is 0 Å². The molecule has 0 heterocycles. The lowest BCUT2D eigenvalue weighted by atomic mass is 9.96. The zero-order chi connectivity index (χ0) is 13.0. The van der Waals surface area contributed by atoms with Crippen LogP contribution >= 0.6 is 0 Å². The molecule has 0 saturated carbocycles. The van der Waals surface area contributed by atoms with E-state index in [9.17, 15) is 0 Å². The Hall–Kier alpha value is -2.08. The third-order valence-corrected chi connectivity index (χ3v) is 4.37. The summed E-state index contributed by atoms with van der Waals surface area (Å²) >= 11 is 0. The number of hydrogen-bond acceptors (Lipinski definition) is 0. The minimum atomic E-state index is 0.509. The predicted molar refractivity (Wildman–Crippen MR) is 81.6 cm³/mol. The normalized spacial score (nSPS) is 16.4. The highest BCUT2D eigenvalue weighted by Crippen LogP contribution is 2.47. The maximum absolute atomic E-state index is 2.34. The van der Waals surface area contributed by atoms with Gasteiger partial charge < -0.3 is 0 Å². The van der Waals surface area contributed by atoms with Gasteiger partial charge in [-0.3, -0.25) is 0 Å². The first kappa shape index (κ1) is 10.8. The summed E-state index contributed by atoms with van der Waals surface area (Å²) in [6.07, 6.45) is 0. The molecule has 0 N–H and O–H groups in total. The molecule has 3 aromatic rings. The van der Waals surface area contributed by atoms with Crippen LogP contribution in [0.15, 0.2) is 54.6 Å². The zero-order valence-electron chi connectivity index (χ0n) is 11.3. The van der Waals surface area contributed by atoms with Gasteiger partial charge in [0.15, 0.2) is 0 Å². The Balaban J connectivity index is 2.17. The summed E-state index contributed by atoms with van der Waals surface area (Å²) in [5.74, 6) is 0.509. The zero-order valence-corrected chi connectivity index (χ0v) is 11.3. The van der Waals surface area contributed by atoms with Gasteiger partial charge in [-0.2, -0.15) is 0 Å². The monoisotopic (exact) mass is 244 g/mol. The molecule has 0 spiro atoms. The van der Waals surface area contributed by atoms with E-state index >= 15 is 0 Å². The second-order valence-electron chi connectivity index (χ2n) is 5.56. The quantitative estimate of drug-likeness (QED) is 0.504. The van der Waals surface area contributed by atoms with Crippen molar-refractivity contribution in [1.82, 2.24) is 0 Å². The number of fused-ring (bicyclic) bond motifs is 5. The third kappa shape index (κ3) is 1.40. The summed E-state index contributed by atoms with van der Waals surface area (Å²) in [5.41, 5.74) is 7.16. The Bertz CT molecular complexity index is 796. The van der Waals surface area contributed by atoms with Crippen molar-refractivity contribution in [3.8, 4) is 11.1 Å². The Labute approximate surface area is 113 Å². The van der Waals surface area contributed by atoms with Crippen LogP contribution in [0, 0.1) is 6.92 Å². The third-order valence-electron chi connectivity index (χ3n) is 4.37. The molecule has 1 unspecified atom stereocenters. The van der Waals surface area contributed by atoms with Gasteiger partial charge >= 0.3 is 0 Å². The average molecular weight is 244 g/mol. The van der Waals surface area contributed by atoms with Crippen LogP contribution in [0.4, 0.5) is 0 Å². The van der Waals surface area contributed by atoms with Crippen molar-refractivity contribution in [2.24, 2.45) is 0 Å². The number of hydrogen-bond donors (Lipinski definition) is 0. The van der Waals surface area contributed by atoms with Crippen molar-refractivity contribution in [3.05, 3.63) is 71.3 Å². The lowest BCUT2D eigenvalue weighted by molar-refractivity contribution is 0.957. The van der Waals surface area contributed by atoms with E-state index in [2.05, 4.69) is 68.4 Å². The smallest absolute Gasteiger partial charge is 0.00735 e. The average Bonchev–Trinajstić information content (AvgIpc) is 2.72. The standard InChI is InChI=1S/C19H16/c1-12-7-9-15-13(2)16-10-8-14-5-3-4-6-17(14)19(16)18(15)11-12/h3-11,13H,1-2H3. The van der Waals surface area contributed by atoms with E-state index in [4.69, 9.17) is 0 Å². The fourth-order valence-electron chi connectivity index (χ4n) is 3.38. The first-order valence-electron chi connectivity index (χ1n) is 6.88. The molecule has 0 bridgehead atoms. The summed E-state index contributed by atoms with van der Waals surface area (Å²) in [6.45, 7) is 4.49. The van der Waals surface area contributed by atoms with Crippen LogP contribution in [0.2, 0.25) is 0 Å². The lowest BCUT2D eigenvalue weighted by Crippen LogP contribution is -1.89. The van der Waals surface area contributed by atoms with Crippen molar-refractivity contribution in [3.63, 3.8) is 0 Å². The number of benzene rings is 3. The van der Waals surface area contributed by atoms with Crippen molar-refractivity contribution >= 4 is 10.8 Å². The predicted octanol–water partition coefficient (Wildman–Crippen LogP) is 5.28. The first-order chi connectivity index (χ1) is 9.25. The van der Waals surface area contributed by atoms with Crippen LogP contribution in [0.25, 0.3) is 21.9 Å². The molecular weight excluding hydrogens is 228 g/mol. The van der Waals surface area contributed by atoms with Crippen molar-refractivity contribution in [1.29, 1.82) is 0 Å². The molecule has 0 fully saturated rings. The molecule has 1 atom stereocenters. The van der Waals surface area contributed by atoms with Crippen LogP contribution in [-0.4, -0.2) is 0 Å². The molecule has 0 aromatic heterocycles. The maximum atomic E-state index is 2.34. The Morgan fingerprint density at radius 3 is 2.53 bits per heavy atom. The van der Waals surface area contributed by atoms with Gasteiger partial charge in [-0.05, 0) is 39.9 Å². The molecule has 0 heteroatoms. The SMILES string of the molecule is Cc1ccc2c(c1)-c1c(ccc3ccccc13)C2C. The molecular formula is C19H16. The second kappa shape index (κ2) is 3.71. The minimum Gasteiger partial charge on any atom is -0.0616 e. The molecule has 92 valence electrons. The summed E-state index contributed by atoms with van der Waals surface area (Å²) in [7, 11) is 0. The second-order valence-corrected chi connectivity index (χ2v) is 5.56. The molecule has 0 saturated heterocycles. The van der Waals surface area contributed by atoms with E-state index in [1.807, 2.05) is 0 Å². The number of aryl methyl sites for hydroxylation is 1. The Kier molecular flexibility index (Phi) is 2.11. The van der Waals surface area contributed by atoms with Crippen LogP contribution in [0.1, 0.15) is 29.5 Å². The lowest BCUT2D eigenvalue weighted by Gasteiger charge is -2.08. The summed E-state index contributed by atoms with van der Waals surface area (Å²) in [6, 6.07) is 20.1. The molecule has 0 radical (unpaired) electrons. The molecule has 0 amide bonds. The highest BCUT2D eigenvalue weighted by Gasteiger charge is 2.26. The van der Waals surface area contributed by atoms with E-state index in [1.165, 1.54) is 38.6 Å². The Morgan fingerprint density at radius 1 is 0.842 bits per heavy atom. The maximum Gasteiger partial charge on any atom is 0.00735 e. The largest absolute Gasteiger partial charge is 0.0616 e. The Morgan fingerprint density at radius 2 is 1.63 bits per heavy atom. The first-order valence-corrected chi connectivity index (χ1v) is 6.88. The fourth-order valence-corrected chi connectivity index (χ4v) is 3.38. The molecule has 4 rings (SSSR count). The fraction of sp³-hybridized carbons (Fsp3) is 0.158. The van der Waals surface area contributed by atoms with Crippen LogP contribution in [-0.2, 0) is 0 Å². The molecule has 3 aromatic carbocycles. The van der Waals surface area contributed by atoms with Gasteiger partial charge in [0.25, 0.3) is 0 Å². The molecule has 1 aliphatic rings.